The van der Waals surface area contributed by atoms with Crippen molar-refractivity contribution < 1.29 is 0 Å². The van der Waals surface area contributed by atoms with E-state index in [-0.39, 0.29) is 0 Å². The molecule has 1 fully saturated rings. The Kier molecular flexibility index (Phi) is 4.29. The smallest absolute Gasteiger partial charge is 0.0223 e. The van der Waals surface area contributed by atoms with Crippen LogP contribution in [0.15, 0.2) is 0 Å². The van der Waals surface area contributed by atoms with Gasteiger partial charge in [0.15, 0.2) is 0 Å². The van der Waals surface area contributed by atoms with Crippen LogP contribution in [0.25, 0.3) is 0 Å². The van der Waals surface area contributed by atoms with E-state index < -0.39 is 0 Å². The van der Waals surface area contributed by atoms with Crippen LogP contribution in [0.3, 0.4) is 0 Å². The fourth-order valence-corrected chi connectivity index (χ4v) is 2.34. The van der Waals surface area contributed by atoms with Crippen molar-refractivity contribution in [1.29, 1.82) is 0 Å². The summed E-state index contributed by atoms with van der Waals surface area (Å²) in [6.45, 7) is 2.38. The van der Waals surface area contributed by atoms with Crippen LogP contribution in [0, 0.1) is 11.8 Å². The summed E-state index contributed by atoms with van der Waals surface area (Å²) in [5.74, 6) is 2.83. The fourth-order valence-electron chi connectivity index (χ4n) is 2.19. The van der Waals surface area contributed by atoms with Crippen molar-refractivity contribution >= 4 is 11.6 Å². The molecule has 1 heteroatoms. The lowest BCUT2D eigenvalue weighted by molar-refractivity contribution is 0.268. The second-order valence-corrected chi connectivity index (χ2v) is 4.35. The molecule has 1 aliphatic carbocycles. The van der Waals surface area contributed by atoms with E-state index in [0.717, 1.165) is 17.7 Å². The summed E-state index contributed by atoms with van der Waals surface area (Å²) < 4.78 is 0. The molecule has 2 atom stereocenters. The molecule has 66 valence electrons. The lowest BCUT2D eigenvalue weighted by atomic mass is 9.80. The van der Waals surface area contributed by atoms with E-state index in [1.165, 1.54) is 38.5 Å². The number of halogens is 1. The van der Waals surface area contributed by atoms with Gasteiger partial charge >= 0.3 is 0 Å². The minimum absolute atomic E-state index is 0.852. The minimum Gasteiger partial charge on any atom is -0.127 e. The summed E-state index contributed by atoms with van der Waals surface area (Å²) in [6, 6.07) is 0. The number of hydrogen-bond acceptors (Lipinski definition) is 0. The average molecular weight is 175 g/mol. The van der Waals surface area contributed by atoms with E-state index >= 15 is 0 Å². The monoisotopic (exact) mass is 174 g/mol. The molecule has 1 saturated carbocycles. The predicted molar refractivity (Wildman–Crippen MR) is 51.1 cm³/mol. The van der Waals surface area contributed by atoms with Gasteiger partial charge in [0.05, 0.1) is 0 Å². The standard InChI is InChI=1S/C10H19Cl/c1-9-4-2-5-10(8-9)6-3-7-11/h9-10H,2-8H2,1H3. The van der Waals surface area contributed by atoms with E-state index in [9.17, 15) is 0 Å². The van der Waals surface area contributed by atoms with Gasteiger partial charge in [0, 0.05) is 5.88 Å². The predicted octanol–water partition coefficient (Wildman–Crippen LogP) is 3.83. The second-order valence-electron chi connectivity index (χ2n) is 3.97. The van der Waals surface area contributed by atoms with Crippen molar-refractivity contribution in [3.8, 4) is 0 Å². The summed E-state index contributed by atoms with van der Waals surface area (Å²) in [6.07, 6.45) is 8.41. The first-order valence-electron chi connectivity index (χ1n) is 4.89. The summed E-state index contributed by atoms with van der Waals surface area (Å²) in [4.78, 5) is 0. The van der Waals surface area contributed by atoms with Crippen LogP contribution < -0.4 is 0 Å². The normalized spacial score (nSPS) is 32.2. The van der Waals surface area contributed by atoms with Gasteiger partial charge in [-0.2, -0.15) is 0 Å². The van der Waals surface area contributed by atoms with Crippen LogP contribution in [0.2, 0.25) is 0 Å². The Morgan fingerprint density at radius 2 is 2.18 bits per heavy atom. The van der Waals surface area contributed by atoms with Gasteiger partial charge in [-0.05, 0) is 31.1 Å². The molecule has 0 spiro atoms. The zero-order valence-corrected chi connectivity index (χ0v) is 8.24. The highest BCUT2D eigenvalue weighted by Gasteiger charge is 2.17. The molecule has 0 aliphatic heterocycles. The molecule has 0 radical (unpaired) electrons. The molecule has 0 nitrogen and oxygen atoms in total. The van der Waals surface area contributed by atoms with Gasteiger partial charge in [-0.15, -0.1) is 11.6 Å². The molecule has 2 unspecified atom stereocenters. The van der Waals surface area contributed by atoms with E-state index in [0.29, 0.717) is 0 Å². The maximum absolute atomic E-state index is 5.66. The molecule has 0 amide bonds. The molecule has 11 heavy (non-hydrogen) atoms. The van der Waals surface area contributed by atoms with Crippen molar-refractivity contribution in [3.63, 3.8) is 0 Å². The molecule has 0 heterocycles. The average Bonchev–Trinajstić information content (AvgIpc) is 2.01. The maximum atomic E-state index is 5.66. The largest absolute Gasteiger partial charge is 0.127 e. The van der Waals surface area contributed by atoms with Crippen molar-refractivity contribution in [3.05, 3.63) is 0 Å². The molecular weight excluding hydrogens is 156 g/mol. The SMILES string of the molecule is CC1CCCC(CCCCl)C1. The lowest BCUT2D eigenvalue weighted by Crippen LogP contribution is -2.13. The highest BCUT2D eigenvalue weighted by molar-refractivity contribution is 6.17. The topological polar surface area (TPSA) is 0 Å². The van der Waals surface area contributed by atoms with Crippen LogP contribution >= 0.6 is 11.6 Å². The van der Waals surface area contributed by atoms with Gasteiger partial charge in [0.2, 0.25) is 0 Å². The van der Waals surface area contributed by atoms with E-state index in [4.69, 9.17) is 11.6 Å². The first-order chi connectivity index (χ1) is 5.33. The van der Waals surface area contributed by atoms with E-state index in [2.05, 4.69) is 6.92 Å². The Bertz CT molecular complexity index is 101. The Labute approximate surface area is 75.3 Å². The third-order valence-corrected chi connectivity index (χ3v) is 3.06. The summed E-state index contributed by atoms with van der Waals surface area (Å²) >= 11 is 5.66. The molecule has 0 aromatic heterocycles. The van der Waals surface area contributed by atoms with E-state index in [1.807, 2.05) is 0 Å². The minimum atomic E-state index is 0.852. The fraction of sp³-hybridized carbons (Fsp3) is 1.00. The van der Waals surface area contributed by atoms with Gasteiger partial charge < -0.3 is 0 Å². The maximum Gasteiger partial charge on any atom is 0.0223 e. The van der Waals surface area contributed by atoms with Gasteiger partial charge in [0.25, 0.3) is 0 Å². The van der Waals surface area contributed by atoms with Gasteiger partial charge in [-0.25, -0.2) is 0 Å². The highest BCUT2D eigenvalue weighted by atomic mass is 35.5. The van der Waals surface area contributed by atoms with Crippen molar-refractivity contribution in [1.82, 2.24) is 0 Å². The van der Waals surface area contributed by atoms with Crippen LogP contribution in [0.5, 0.6) is 0 Å². The lowest BCUT2D eigenvalue weighted by Gasteiger charge is -2.26. The zero-order valence-electron chi connectivity index (χ0n) is 7.48. The van der Waals surface area contributed by atoms with Gasteiger partial charge in [-0.3, -0.25) is 0 Å². The van der Waals surface area contributed by atoms with Gasteiger partial charge in [-0.1, -0.05) is 26.2 Å². The first-order valence-corrected chi connectivity index (χ1v) is 5.42. The highest BCUT2D eigenvalue weighted by Crippen LogP contribution is 2.31. The Hall–Kier alpha value is 0.290. The van der Waals surface area contributed by atoms with Crippen molar-refractivity contribution in [2.75, 3.05) is 5.88 Å². The third kappa shape index (κ3) is 3.46. The van der Waals surface area contributed by atoms with Crippen LogP contribution in [0.4, 0.5) is 0 Å². The summed E-state index contributed by atoms with van der Waals surface area (Å²) in [5, 5.41) is 0. The third-order valence-electron chi connectivity index (χ3n) is 2.79. The van der Waals surface area contributed by atoms with Crippen LogP contribution in [0.1, 0.15) is 45.4 Å². The Morgan fingerprint density at radius 1 is 1.36 bits per heavy atom. The molecule has 0 N–H and O–H groups in total. The number of hydrogen-bond donors (Lipinski definition) is 0. The zero-order chi connectivity index (χ0) is 8.10. The number of alkyl halides is 1. The Balaban J connectivity index is 2.12. The van der Waals surface area contributed by atoms with Crippen molar-refractivity contribution in [2.24, 2.45) is 11.8 Å². The molecule has 0 bridgehead atoms. The second kappa shape index (κ2) is 5.03. The summed E-state index contributed by atoms with van der Waals surface area (Å²) in [7, 11) is 0. The number of rotatable bonds is 3. The van der Waals surface area contributed by atoms with Crippen LogP contribution in [-0.4, -0.2) is 5.88 Å². The molecule has 0 aromatic rings. The van der Waals surface area contributed by atoms with Crippen molar-refractivity contribution in [2.45, 2.75) is 45.4 Å². The first kappa shape index (κ1) is 9.38. The summed E-state index contributed by atoms with van der Waals surface area (Å²) in [5.41, 5.74) is 0. The quantitative estimate of drug-likeness (QED) is 0.571. The molecule has 0 aromatic carbocycles. The van der Waals surface area contributed by atoms with Crippen LogP contribution in [-0.2, 0) is 0 Å². The molecular formula is C10H19Cl. The molecule has 0 saturated heterocycles. The Morgan fingerprint density at radius 3 is 2.82 bits per heavy atom. The molecule has 1 aliphatic rings. The van der Waals surface area contributed by atoms with Gasteiger partial charge in [0.1, 0.15) is 0 Å². The molecule has 1 rings (SSSR count). The van der Waals surface area contributed by atoms with E-state index in [1.54, 1.807) is 0 Å².